The predicted molar refractivity (Wildman–Crippen MR) is 106 cm³/mol. The molecular weight excluding hydrogens is 357 g/mol. The molecule has 2 N–H and O–H groups in total. The molecule has 0 atom stereocenters. The molecule has 0 saturated heterocycles. The Kier molecular flexibility index (Phi) is 4.88. The van der Waals surface area contributed by atoms with Crippen LogP contribution in [0.1, 0.15) is 15.9 Å². The van der Waals surface area contributed by atoms with Crippen molar-refractivity contribution in [3.8, 4) is 0 Å². The summed E-state index contributed by atoms with van der Waals surface area (Å²) in [5.74, 6) is 0.703. The number of rotatable bonds is 5. The summed E-state index contributed by atoms with van der Waals surface area (Å²) in [6, 6.07) is 14.2. The molecule has 138 valence electrons. The average Bonchev–Trinajstić information content (AvgIpc) is 2.75. The second-order valence-corrected chi connectivity index (χ2v) is 6.10. The van der Waals surface area contributed by atoms with E-state index in [1.807, 2.05) is 24.3 Å². The maximum atomic E-state index is 12.7. The molecule has 0 aliphatic rings. The molecule has 1 aromatic carbocycles. The van der Waals surface area contributed by atoms with Crippen LogP contribution in [0.4, 0.5) is 21.7 Å². The van der Waals surface area contributed by atoms with E-state index < -0.39 is 6.67 Å². The van der Waals surface area contributed by atoms with Crippen LogP contribution in [0.2, 0.25) is 0 Å². The van der Waals surface area contributed by atoms with Crippen LogP contribution in [0.3, 0.4) is 0 Å². The number of nitrogens with one attached hydrogen (secondary N) is 2. The highest BCUT2D eigenvalue weighted by Gasteiger charge is 2.10. The maximum absolute atomic E-state index is 12.7. The lowest BCUT2D eigenvalue weighted by Crippen LogP contribution is -2.13. The van der Waals surface area contributed by atoms with Crippen molar-refractivity contribution < 1.29 is 9.18 Å². The summed E-state index contributed by atoms with van der Waals surface area (Å²) >= 11 is 0. The van der Waals surface area contributed by atoms with Crippen LogP contribution in [-0.4, -0.2) is 20.9 Å². The minimum absolute atomic E-state index is 0.274. The molecular formula is C21H16FN5O. The molecule has 0 aliphatic heterocycles. The summed E-state index contributed by atoms with van der Waals surface area (Å²) < 4.78 is 12.6. The van der Waals surface area contributed by atoms with Crippen molar-refractivity contribution in [3.63, 3.8) is 0 Å². The van der Waals surface area contributed by atoms with Crippen LogP contribution in [-0.2, 0) is 6.67 Å². The van der Waals surface area contributed by atoms with Crippen LogP contribution in [0.25, 0.3) is 10.8 Å². The number of carbonyl (C=O) groups is 1. The molecule has 0 spiro atoms. The van der Waals surface area contributed by atoms with E-state index in [-0.39, 0.29) is 5.91 Å². The SMILES string of the molecule is O=C(Nc1cncc2ccccc12)c1ccnc(Nc2ccc(CF)cn2)c1. The van der Waals surface area contributed by atoms with E-state index in [0.717, 1.165) is 10.8 Å². The van der Waals surface area contributed by atoms with E-state index in [9.17, 15) is 9.18 Å². The largest absolute Gasteiger partial charge is 0.325 e. The van der Waals surface area contributed by atoms with Gasteiger partial charge < -0.3 is 10.6 Å². The Morgan fingerprint density at radius 1 is 0.964 bits per heavy atom. The number of carbonyl (C=O) groups excluding carboxylic acids is 1. The normalized spacial score (nSPS) is 10.6. The van der Waals surface area contributed by atoms with Crippen molar-refractivity contribution in [2.75, 3.05) is 10.6 Å². The molecule has 0 unspecified atom stereocenters. The fourth-order valence-electron chi connectivity index (χ4n) is 2.76. The van der Waals surface area contributed by atoms with Crippen molar-refractivity contribution >= 4 is 34.0 Å². The van der Waals surface area contributed by atoms with E-state index in [1.165, 1.54) is 12.4 Å². The van der Waals surface area contributed by atoms with Crippen LogP contribution in [0.15, 0.2) is 73.3 Å². The number of benzene rings is 1. The lowest BCUT2D eigenvalue weighted by Gasteiger charge is -2.10. The molecule has 1 amide bonds. The Hall–Kier alpha value is -3.87. The highest BCUT2D eigenvalue weighted by Crippen LogP contribution is 2.22. The smallest absolute Gasteiger partial charge is 0.255 e. The minimum atomic E-state index is -0.565. The number of fused-ring (bicyclic) bond motifs is 1. The van der Waals surface area contributed by atoms with Crippen molar-refractivity contribution in [1.29, 1.82) is 0 Å². The number of hydrogen-bond donors (Lipinski definition) is 2. The molecule has 4 rings (SSSR count). The third-order valence-corrected chi connectivity index (χ3v) is 4.17. The number of anilines is 3. The van der Waals surface area contributed by atoms with Crippen molar-refractivity contribution in [1.82, 2.24) is 15.0 Å². The standard InChI is InChI=1S/C21H16FN5O/c22-10-14-5-6-19(25-11-14)27-20-9-15(7-8-24-20)21(28)26-18-13-23-12-16-3-1-2-4-17(16)18/h1-9,11-13H,10H2,(H,26,28)(H,24,25,27). The first-order valence-electron chi connectivity index (χ1n) is 8.61. The molecule has 7 heteroatoms. The highest BCUT2D eigenvalue weighted by atomic mass is 19.1. The molecule has 0 radical (unpaired) electrons. The third kappa shape index (κ3) is 3.78. The molecule has 0 fully saturated rings. The first-order valence-corrected chi connectivity index (χ1v) is 8.61. The van der Waals surface area contributed by atoms with Crippen molar-refractivity contribution in [2.45, 2.75) is 6.67 Å². The fourth-order valence-corrected chi connectivity index (χ4v) is 2.76. The molecule has 0 saturated carbocycles. The monoisotopic (exact) mass is 373 g/mol. The second-order valence-electron chi connectivity index (χ2n) is 6.10. The number of pyridine rings is 3. The van der Waals surface area contributed by atoms with Crippen LogP contribution in [0.5, 0.6) is 0 Å². The van der Waals surface area contributed by atoms with E-state index in [1.54, 1.807) is 36.7 Å². The van der Waals surface area contributed by atoms with Gasteiger partial charge in [0.2, 0.25) is 0 Å². The molecule has 0 bridgehead atoms. The zero-order valence-electron chi connectivity index (χ0n) is 14.8. The Balaban J connectivity index is 1.54. The molecule has 6 nitrogen and oxygen atoms in total. The Morgan fingerprint density at radius 3 is 2.68 bits per heavy atom. The van der Waals surface area contributed by atoms with Gasteiger partial charge in [0.05, 0.1) is 11.9 Å². The van der Waals surface area contributed by atoms with E-state index in [2.05, 4.69) is 25.6 Å². The number of hydrogen-bond acceptors (Lipinski definition) is 5. The molecule has 0 aliphatic carbocycles. The van der Waals surface area contributed by atoms with Gasteiger partial charge >= 0.3 is 0 Å². The van der Waals surface area contributed by atoms with E-state index >= 15 is 0 Å². The Labute approximate surface area is 160 Å². The van der Waals surface area contributed by atoms with Crippen LogP contribution < -0.4 is 10.6 Å². The number of alkyl halides is 1. The Bertz CT molecular complexity index is 1130. The first-order chi connectivity index (χ1) is 13.7. The topological polar surface area (TPSA) is 79.8 Å². The third-order valence-electron chi connectivity index (χ3n) is 4.17. The van der Waals surface area contributed by atoms with Crippen molar-refractivity contribution in [3.05, 3.63) is 84.4 Å². The summed E-state index contributed by atoms with van der Waals surface area (Å²) in [5.41, 5.74) is 1.57. The van der Waals surface area contributed by atoms with Gasteiger partial charge in [-0.25, -0.2) is 14.4 Å². The van der Waals surface area contributed by atoms with E-state index in [0.29, 0.717) is 28.5 Å². The zero-order valence-corrected chi connectivity index (χ0v) is 14.8. The van der Waals surface area contributed by atoms with Gasteiger partial charge in [0, 0.05) is 40.5 Å². The lowest BCUT2D eigenvalue weighted by molar-refractivity contribution is 0.102. The molecule has 3 aromatic heterocycles. The minimum Gasteiger partial charge on any atom is -0.325 e. The van der Waals surface area contributed by atoms with Gasteiger partial charge in [0.15, 0.2) is 0 Å². The van der Waals surface area contributed by atoms with Gasteiger partial charge in [-0.3, -0.25) is 9.78 Å². The Morgan fingerprint density at radius 2 is 1.86 bits per heavy atom. The van der Waals surface area contributed by atoms with Crippen molar-refractivity contribution in [2.24, 2.45) is 0 Å². The van der Waals surface area contributed by atoms with Gasteiger partial charge in [-0.05, 0) is 18.2 Å². The summed E-state index contributed by atoms with van der Waals surface area (Å²) in [6.45, 7) is -0.565. The number of nitrogens with zero attached hydrogens (tertiary/aromatic N) is 3. The maximum Gasteiger partial charge on any atom is 0.255 e. The summed E-state index contributed by atoms with van der Waals surface area (Å²) in [6.07, 6.45) is 6.36. The number of amides is 1. The molecule has 3 heterocycles. The average molecular weight is 373 g/mol. The highest BCUT2D eigenvalue weighted by molar-refractivity contribution is 6.09. The molecule has 4 aromatic rings. The number of halogens is 1. The first kappa shape index (κ1) is 17.5. The number of aromatic nitrogens is 3. The summed E-state index contributed by atoms with van der Waals surface area (Å²) in [7, 11) is 0. The van der Waals surface area contributed by atoms with Crippen LogP contribution >= 0.6 is 0 Å². The predicted octanol–water partition coefficient (Wildman–Crippen LogP) is 4.49. The van der Waals surface area contributed by atoms with Gasteiger partial charge in [-0.1, -0.05) is 30.3 Å². The lowest BCUT2D eigenvalue weighted by atomic mass is 10.1. The van der Waals surface area contributed by atoms with E-state index in [4.69, 9.17) is 0 Å². The van der Waals surface area contributed by atoms with Gasteiger partial charge in [0.1, 0.15) is 18.3 Å². The van der Waals surface area contributed by atoms with Gasteiger partial charge in [-0.2, -0.15) is 0 Å². The quantitative estimate of drug-likeness (QED) is 0.539. The van der Waals surface area contributed by atoms with Gasteiger partial charge in [0.25, 0.3) is 5.91 Å². The zero-order chi connectivity index (χ0) is 19.3. The van der Waals surface area contributed by atoms with Crippen LogP contribution in [0, 0.1) is 0 Å². The fraction of sp³-hybridized carbons (Fsp3) is 0.0476. The van der Waals surface area contributed by atoms with Gasteiger partial charge in [-0.15, -0.1) is 0 Å². The second kappa shape index (κ2) is 7.79. The summed E-state index contributed by atoms with van der Waals surface area (Å²) in [5, 5.41) is 7.76. The molecule has 28 heavy (non-hydrogen) atoms. The summed E-state index contributed by atoms with van der Waals surface area (Å²) in [4.78, 5) is 25.2.